The third kappa shape index (κ3) is 6.24. The van der Waals surface area contributed by atoms with E-state index in [9.17, 15) is 14.7 Å². The van der Waals surface area contributed by atoms with Crippen LogP contribution < -0.4 is 15.4 Å². The highest BCUT2D eigenvalue weighted by atomic mass is 16.5. The van der Waals surface area contributed by atoms with Gasteiger partial charge in [-0.3, -0.25) is 9.59 Å². The van der Waals surface area contributed by atoms with Crippen molar-refractivity contribution in [1.29, 1.82) is 0 Å². The van der Waals surface area contributed by atoms with Crippen LogP contribution in [-0.4, -0.2) is 62.2 Å². The number of methoxy groups -OCH3 is 1. The smallest absolute Gasteiger partial charge is 0.313 e. The van der Waals surface area contributed by atoms with Gasteiger partial charge in [0.2, 0.25) is 0 Å². The topological polar surface area (TPSA) is 90.9 Å². The fourth-order valence-electron chi connectivity index (χ4n) is 1.67. The summed E-state index contributed by atoms with van der Waals surface area (Å²) < 4.78 is 5.02. The van der Waals surface area contributed by atoms with E-state index in [1.165, 1.54) is 7.11 Å². The molecule has 3 N–H and O–H groups in total. The lowest BCUT2D eigenvalue weighted by atomic mass is 10.3. The maximum atomic E-state index is 11.7. The van der Waals surface area contributed by atoms with Gasteiger partial charge in [0.25, 0.3) is 0 Å². The van der Waals surface area contributed by atoms with Gasteiger partial charge >= 0.3 is 11.8 Å². The van der Waals surface area contributed by atoms with Crippen LogP contribution in [0.3, 0.4) is 0 Å². The molecule has 1 aromatic rings. The van der Waals surface area contributed by atoms with E-state index in [2.05, 4.69) is 10.6 Å². The van der Waals surface area contributed by atoms with Crippen LogP contribution in [0.15, 0.2) is 24.3 Å². The van der Waals surface area contributed by atoms with Gasteiger partial charge in [-0.25, -0.2) is 0 Å². The normalized spacial score (nSPS) is 11.9. The van der Waals surface area contributed by atoms with E-state index in [4.69, 9.17) is 4.74 Å². The lowest BCUT2D eigenvalue weighted by Crippen LogP contribution is -2.42. The molecule has 0 bridgehead atoms. The maximum Gasteiger partial charge on any atom is 0.313 e. The lowest BCUT2D eigenvalue weighted by Gasteiger charge is -2.16. The van der Waals surface area contributed by atoms with E-state index in [1.54, 1.807) is 43.3 Å². The summed E-state index contributed by atoms with van der Waals surface area (Å²) in [6, 6.07) is 6.68. The number of anilines is 1. The molecule has 21 heavy (non-hydrogen) atoms. The van der Waals surface area contributed by atoms with Crippen LogP contribution in [0.25, 0.3) is 0 Å². The summed E-state index contributed by atoms with van der Waals surface area (Å²) in [5, 5.41) is 14.4. The number of aliphatic hydroxyl groups excluding tert-OH is 1. The first kappa shape index (κ1) is 16.9. The number of carbonyl (C=O) groups excluding carboxylic acids is 2. The molecular formula is C14H21N3O4. The molecule has 0 aliphatic heterocycles. The van der Waals surface area contributed by atoms with Crippen molar-refractivity contribution < 1.29 is 19.4 Å². The summed E-state index contributed by atoms with van der Waals surface area (Å²) in [4.78, 5) is 25.1. The van der Waals surface area contributed by atoms with Crippen LogP contribution in [0.5, 0.6) is 5.75 Å². The number of ether oxygens (including phenoxy) is 1. The SMILES string of the molecule is COc1cccc(NC(=O)C(=O)NC[C@H](O)CN(C)C)c1. The molecule has 0 aromatic heterocycles. The van der Waals surface area contributed by atoms with Crippen molar-refractivity contribution in [2.24, 2.45) is 0 Å². The summed E-state index contributed by atoms with van der Waals surface area (Å²) in [6.07, 6.45) is -0.728. The Kier molecular flexibility index (Phi) is 6.64. The molecule has 1 aromatic carbocycles. The molecule has 1 rings (SSSR count). The first-order chi connectivity index (χ1) is 9.92. The molecule has 0 saturated heterocycles. The minimum Gasteiger partial charge on any atom is -0.497 e. The Balaban J connectivity index is 2.45. The second-order valence-electron chi connectivity index (χ2n) is 4.81. The molecule has 0 saturated carbocycles. The molecule has 0 spiro atoms. The highest BCUT2D eigenvalue weighted by Gasteiger charge is 2.15. The number of aliphatic hydroxyl groups is 1. The molecule has 1 atom stereocenters. The van der Waals surface area contributed by atoms with E-state index in [0.29, 0.717) is 18.0 Å². The Morgan fingerprint density at radius 1 is 1.33 bits per heavy atom. The van der Waals surface area contributed by atoms with E-state index in [0.717, 1.165) is 0 Å². The highest BCUT2D eigenvalue weighted by Crippen LogP contribution is 2.16. The number of likely N-dealkylation sites (N-methyl/N-ethyl adjacent to an activating group) is 1. The van der Waals surface area contributed by atoms with Gasteiger partial charge in [0.15, 0.2) is 0 Å². The molecule has 7 nitrogen and oxygen atoms in total. The number of rotatable bonds is 6. The zero-order valence-corrected chi connectivity index (χ0v) is 12.4. The number of amides is 2. The van der Waals surface area contributed by atoms with Gasteiger partial charge in [-0.2, -0.15) is 0 Å². The van der Waals surface area contributed by atoms with Crippen LogP contribution in [0.4, 0.5) is 5.69 Å². The molecule has 0 heterocycles. The van der Waals surface area contributed by atoms with E-state index < -0.39 is 17.9 Å². The van der Waals surface area contributed by atoms with Crippen molar-refractivity contribution in [3.05, 3.63) is 24.3 Å². The van der Waals surface area contributed by atoms with E-state index >= 15 is 0 Å². The van der Waals surface area contributed by atoms with Crippen molar-refractivity contribution in [1.82, 2.24) is 10.2 Å². The van der Waals surface area contributed by atoms with Crippen LogP contribution in [0, 0.1) is 0 Å². The average Bonchev–Trinajstić information content (AvgIpc) is 2.44. The predicted octanol–water partition coefficient (Wildman–Crippen LogP) is -0.328. The first-order valence-electron chi connectivity index (χ1n) is 6.48. The quantitative estimate of drug-likeness (QED) is 0.625. The largest absolute Gasteiger partial charge is 0.497 e. The van der Waals surface area contributed by atoms with Crippen molar-refractivity contribution in [2.75, 3.05) is 39.6 Å². The standard InChI is InChI=1S/C14H21N3O4/c1-17(2)9-11(18)8-15-13(19)14(20)16-10-5-4-6-12(7-10)21-3/h4-7,11,18H,8-9H2,1-3H3,(H,15,19)(H,16,20)/t11-/m0/s1. The van der Waals surface area contributed by atoms with Gasteiger partial charge in [-0.05, 0) is 26.2 Å². The fraction of sp³-hybridized carbons (Fsp3) is 0.429. The van der Waals surface area contributed by atoms with Crippen molar-refractivity contribution in [2.45, 2.75) is 6.10 Å². The molecule has 0 radical (unpaired) electrons. The zero-order chi connectivity index (χ0) is 15.8. The number of hydrogen-bond donors (Lipinski definition) is 3. The van der Waals surface area contributed by atoms with Gasteiger partial charge in [0, 0.05) is 24.8 Å². The number of nitrogens with zero attached hydrogens (tertiary/aromatic N) is 1. The monoisotopic (exact) mass is 295 g/mol. The summed E-state index contributed by atoms with van der Waals surface area (Å²) >= 11 is 0. The van der Waals surface area contributed by atoms with Crippen LogP contribution in [0.1, 0.15) is 0 Å². The second kappa shape index (κ2) is 8.23. The van der Waals surface area contributed by atoms with Gasteiger partial charge in [-0.1, -0.05) is 6.07 Å². The Morgan fingerprint density at radius 2 is 2.05 bits per heavy atom. The lowest BCUT2D eigenvalue weighted by molar-refractivity contribution is -0.136. The molecule has 7 heteroatoms. The summed E-state index contributed by atoms with van der Waals surface area (Å²) in [6.45, 7) is 0.417. The van der Waals surface area contributed by atoms with Gasteiger partial charge < -0.3 is 25.4 Å². The predicted molar refractivity (Wildman–Crippen MR) is 79.2 cm³/mol. The number of carbonyl (C=O) groups is 2. The Hall–Kier alpha value is -2.12. The molecule has 116 valence electrons. The maximum absolute atomic E-state index is 11.7. The summed E-state index contributed by atoms with van der Waals surface area (Å²) in [5.74, 6) is -1.01. The van der Waals surface area contributed by atoms with Crippen LogP contribution in [0.2, 0.25) is 0 Å². The third-order valence-corrected chi connectivity index (χ3v) is 2.61. The zero-order valence-electron chi connectivity index (χ0n) is 12.4. The molecule has 0 aliphatic rings. The molecule has 2 amide bonds. The van der Waals surface area contributed by atoms with Gasteiger partial charge in [0.1, 0.15) is 5.75 Å². The number of nitrogens with one attached hydrogen (secondary N) is 2. The Morgan fingerprint density at radius 3 is 2.67 bits per heavy atom. The Bertz CT molecular complexity index is 491. The van der Waals surface area contributed by atoms with Crippen molar-refractivity contribution in [3.63, 3.8) is 0 Å². The van der Waals surface area contributed by atoms with Crippen LogP contribution in [-0.2, 0) is 9.59 Å². The van der Waals surface area contributed by atoms with E-state index in [-0.39, 0.29) is 6.54 Å². The fourth-order valence-corrected chi connectivity index (χ4v) is 1.67. The Labute approximate surface area is 123 Å². The second-order valence-corrected chi connectivity index (χ2v) is 4.81. The molecular weight excluding hydrogens is 274 g/mol. The molecule has 0 fully saturated rings. The summed E-state index contributed by atoms with van der Waals surface area (Å²) in [5.41, 5.74) is 0.461. The number of benzene rings is 1. The van der Waals surface area contributed by atoms with E-state index in [1.807, 2.05) is 0 Å². The average molecular weight is 295 g/mol. The third-order valence-electron chi connectivity index (χ3n) is 2.61. The molecule has 0 aliphatic carbocycles. The van der Waals surface area contributed by atoms with Gasteiger partial charge in [0.05, 0.1) is 13.2 Å². The first-order valence-corrected chi connectivity index (χ1v) is 6.48. The minimum absolute atomic E-state index is 0.0164. The van der Waals surface area contributed by atoms with Gasteiger partial charge in [-0.15, -0.1) is 0 Å². The summed E-state index contributed by atoms with van der Waals surface area (Å²) in [7, 11) is 5.13. The molecule has 0 unspecified atom stereocenters. The van der Waals surface area contributed by atoms with Crippen molar-refractivity contribution >= 4 is 17.5 Å². The minimum atomic E-state index is -0.796. The highest BCUT2D eigenvalue weighted by molar-refractivity contribution is 6.39. The number of hydrogen-bond acceptors (Lipinski definition) is 5. The van der Waals surface area contributed by atoms with Crippen molar-refractivity contribution in [3.8, 4) is 5.75 Å². The van der Waals surface area contributed by atoms with Crippen LogP contribution >= 0.6 is 0 Å².